The zero-order valence-corrected chi connectivity index (χ0v) is 27.7. The Labute approximate surface area is 271 Å². The van der Waals surface area contributed by atoms with Gasteiger partial charge in [-0.3, -0.25) is 13.9 Å². The molecule has 0 spiro atoms. The van der Waals surface area contributed by atoms with Gasteiger partial charge >= 0.3 is 0 Å². The third kappa shape index (κ3) is 8.96. The van der Waals surface area contributed by atoms with E-state index in [9.17, 15) is 18.0 Å². The number of nitrogens with zero attached hydrogens (tertiary/aromatic N) is 2. The molecule has 2 atom stereocenters. The van der Waals surface area contributed by atoms with Crippen molar-refractivity contribution in [1.82, 2.24) is 10.2 Å². The lowest BCUT2D eigenvalue weighted by molar-refractivity contribution is -0.140. The number of aryl methyl sites for hydroxylation is 2. The number of benzene rings is 4. The van der Waals surface area contributed by atoms with Crippen LogP contribution in [0.2, 0.25) is 5.02 Å². The third-order valence-corrected chi connectivity index (χ3v) is 9.72. The normalized spacial score (nSPS) is 12.6. The highest BCUT2D eigenvalue weighted by molar-refractivity contribution is 7.92. The molecule has 0 aliphatic heterocycles. The highest BCUT2D eigenvalue weighted by Crippen LogP contribution is 2.27. The van der Waals surface area contributed by atoms with Crippen LogP contribution in [0.25, 0.3) is 0 Å². The van der Waals surface area contributed by atoms with Crippen LogP contribution in [-0.4, -0.2) is 43.8 Å². The molecule has 0 unspecified atom stereocenters. The van der Waals surface area contributed by atoms with Gasteiger partial charge in [0.25, 0.3) is 10.0 Å². The molecule has 236 valence electrons. The van der Waals surface area contributed by atoms with Crippen molar-refractivity contribution in [3.63, 3.8) is 0 Å². The fourth-order valence-corrected chi connectivity index (χ4v) is 6.58. The fraction of sp³-hybridized carbons (Fsp3) is 0.278. The van der Waals surface area contributed by atoms with Gasteiger partial charge in [0, 0.05) is 24.0 Å². The Bertz CT molecular complexity index is 1710. The van der Waals surface area contributed by atoms with Crippen LogP contribution in [0.4, 0.5) is 5.69 Å². The lowest BCUT2D eigenvalue weighted by Gasteiger charge is -2.34. The maximum atomic E-state index is 14.5. The minimum absolute atomic E-state index is 0.00166. The van der Waals surface area contributed by atoms with Gasteiger partial charge in [-0.1, -0.05) is 90.8 Å². The number of hydrogen-bond acceptors (Lipinski definition) is 4. The first kappa shape index (κ1) is 33.7. The Morgan fingerprint density at radius 3 is 2.07 bits per heavy atom. The number of sulfonamides is 1. The Morgan fingerprint density at radius 2 is 1.44 bits per heavy atom. The average molecular weight is 646 g/mol. The summed E-state index contributed by atoms with van der Waals surface area (Å²) in [6.45, 7) is 7.33. The summed E-state index contributed by atoms with van der Waals surface area (Å²) in [7, 11) is -4.20. The molecule has 0 fully saturated rings. The van der Waals surface area contributed by atoms with Gasteiger partial charge in [-0.05, 0) is 80.3 Å². The molecule has 1 N–H and O–H groups in total. The van der Waals surface area contributed by atoms with E-state index >= 15 is 0 Å². The number of hydrogen-bond donors (Lipinski definition) is 1. The molecule has 0 saturated carbocycles. The summed E-state index contributed by atoms with van der Waals surface area (Å²) in [4.78, 5) is 30.0. The van der Waals surface area contributed by atoms with E-state index in [0.29, 0.717) is 10.7 Å². The van der Waals surface area contributed by atoms with Gasteiger partial charge in [0.15, 0.2) is 0 Å². The summed E-state index contributed by atoms with van der Waals surface area (Å²) in [5.74, 6) is -0.798. The molecular weight excluding hydrogens is 606 g/mol. The van der Waals surface area contributed by atoms with Gasteiger partial charge in [0.2, 0.25) is 11.8 Å². The van der Waals surface area contributed by atoms with Crippen molar-refractivity contribution < 1.29 is 18.0 Å². The van der Waals surface area contributed by atoms with Crippen molar-refractivity contribution >= 4 is 39.1 Å². The molecule has 0 saturated heterocycles. The fourth-order valence-electron chi connectivity index (χ4n) is 5.05. The Kier molecular flexibility index (Phi) is 11.4. The molecule has 0 radical (unpaired) electrons. The lowest BCUT2D eigenvalue weighted by Crippen LogP contribution is -2.54. The predicted molar refractivity (Wildman–Crippen MR) is 181 cm³/mol. The van der Waals surface area contributed by atoms with E-state index in [1.807, 2.05) is 88.4 Å². The second-order valence-corrected chi connectivity index (χ2v) is 13.6. The first-order valence-electron chi connectivity index (χ1n) is 15.0. The van der Waals surface area contributed by atoms with Crippen molar-refractivity contribution in [1.29, 1.82) is 0 Å². The maximum absolute atomic E-state index is 14.5. The Hall–Kier alpha value is -4.14. The molecule has 7 nitrogen and oxygen atoms in total. The van der Waals surface area contributed by atoms with Gasteiger partial charge in [-0.2, -0.15) is 0 Å². The number of carbonyl (C=O) groups is 2. The zero-order chi connectivity index (χ0) is 32.6. The van der Waals surface area contributed by atoms with Crippen LogP contribution in [-0.2, 0) is 32.6 Å². The minimum atomic E-state index is -4.20. The highest BCUT2D eigenvalue weighted by Gasteiger charge is 2.35. The van der Waals surface area contributed by atoms with Gasteiger partial charge < -0.3 is 10.2 Å². The molecule has 0 aliphatic rings. The molecule has 0 aliphatic carbocycles. The van der Waals surface area contributed by atoms with Crippen molar-refractivity contribution in [2.24, 2.45) is 0 Å². The van der Waals surface area contributed by atoms with Crippen LogP contribution >= 0.6 is 11.6 Å². The van der Waals surface area contributed by atoms with Crippen molar-refractivity contribution in [2.75, 3.05) is 10.8 Å². The quantitative estimate of drug-likeness (QED) is 0.175. The maximum Gasteiger partial charge on any atom is 0.264 e. The van der Waals surface area contributed by atoms with E-state index in [1.165, 1.54) is 29.2 Å². The van der Waals surface area contributed by atoms with E-state index in [-0.39, 0.29) is 29.8 Å². The topological polar surface area (TPSA) is 86.8 Å². The van der Waals surface area contributed by atoms with E-state index in [1.54, 1.807) is 18.2 Å². The Balaban J connectivity index is 1.81. The summed E-state index contributed by atoms with van der Waals surface area (Å²) in [6.07, 6.45) is 0.977. The largest absolute Gasteiger partial charge is 0.352 e. The minimum Gasteiger partial charge on any atom is -0.352 e. The van der Waals surface area contributed by atoms with Crippen LogP contribution in [0.5, 0.6) is 0 Å². The van der Waals surface area contributed by atoms with E-state index in [0.717, 1.165) is 33.0 Å². The molecule has 4 aromatic rings. The van der Waals surface area contributed by atoms with Crippen LogP contribution in [0.15, 0.2) is 108 Å². The molecule has 0 aromatic heterocycles. The standard InChI is InChI=1S/C36H40ClN3O4S/c1-5-28(4)38-36(42)34(23-29-13-7-6-8-14-29)39(24-30-15-9-11-26(2)21-30)35(41)25-40(32-16-10-12-27(3)22-32)45(43,44)33-19-17-31(37)18-20-33/h6-22,28,34H,5,23-25H2,1-4H3,(H,38,42)/t28-,34-/m0/s1. The van der Waals surface area contributed by atoms with Gasteiger partial charge in [0.05, 0.1) is 10.6 Å². The molecule has 0 heterocycles. The highest BCUT2D eigenvalue weighted by atomic mass is 35.5. The molecule has 0 bridgehead atoms. The molecule has 2 amide bonds. The summed E-state index contributed by atoms with van der Waals surface area (Å²) in [5.41, 5.74) is 3.91. The number of carbonyl (C=O) groups excluding carboxylic acids is 2. The molecule has 4 aromatic carbocycles. The molecule has 4 rings (SSSR count). The second kappa shape index (κ2) is 15.2. The van der Waals surface area contributed by atoms with E-state index < -0.39 is 28.5 Å². The van der Waals surface area contributed by atoms with E-state index in [2.05, 4.69) is 5.32 Å². The lowest BCUT2D eigenvalue weighted by atomic mass is 10.0. The number of amides is 2. The van der Waals surface area contributed by atoms with Crippen LogP contribution in [0, 0.1) is 13.8 Å². The van der Waals surface area contributed by atoms with E-state index in [4.69, 9.17) is 11.6 Å². The zero-order valence-electron chi connectivity index (χ0n) is 26.1. The van der Waals surface area contributed by atoms with Gasteiger partial charge in [-0.25, -0.2) is 8.42 Å². The first-order valence-corrected chi connectivity index (χ1v) is 16.8. The summed E-state index contributed by atoms with van der Waals surface area (Å²) >= 11 is 6.06. The summed E-state index contributed by atoms with van der Waals surface area (Å²) in [5, 5.41) is 3.45. The SMILES string of the molecule is CC[C@H](C)NC(=O)[C@H](Cc1ccccc1)N(Cc1cccc(C)c1)C(=O)CN(c1cccc(C)c1)S(=O)(=O)c1ccc(Cl)cc1. The van der Waals surface area contributed by atoms with Crippen LogP contribution in [0.1, 0.15) is 42.5 Å². The predicted octanol–water partition coefficient (Wildman–Crippen LogP) is 6.71. The smallest absolute Gasteiger partial charge is 0.264 e. The monoisotopic (exact) mass is 645 g/mol. The van der Waals surface area contributed by atoms with Crippen molar-refractivity contribution in [2.45, 2.75) is 64.1 Å². The van der Waals surface area contributed by atoms with Gasteiger partial charge in [0.1, 0.15) is 12.6 Å². The van der Waals surface area contributed by atoms with Crippen LogP contribution in [0.3, 0.4) is 0 Å². The van der Waals surface area contributed by atoms with Crippen molar-refractivity contribution in [3.8, 4) is 0 Å². The first-order chi connectivity index (χ1) is 21.5. The molecule has 45 heavy (non-hydrogen) atoms. The molecular formula is C36H40ClN3O4S. The number of anilines is 1. The number of nitrogens with one attached hydrogen (secondary N) is 1. The van der Waals surface area contributed by atoms with Crippen molar-refractivity contribution in [3.05, 3.63) is 130 Å². The summed E-state index contributed by atoms with van der Waals surface area (Å²) in [6, 6.07) is 29.1. The average Bonchev–Trinajstić information content (AvgIpc) is 3.02. The molecule has 9 heteroatoms. The summed E-state index contributed by atoms with van der Waals surface area (Å²) < 4.78 is 29.4. The number of halogens is 1. The van der Waals surface area contributed by atoms with Gasteiger partial charge in [-0.15, -0.1) is 0 Å². The number of rotatable bonds is 13. The van der Waals surface area contributed by atoms with Crippen LogP contribution < -0.4 is 9.62 Å². The second-order valence-electron chi connectivity index (χ2n) is 11.3. The third-order valence-electron chi connectivity index (χ3n) is 7.68. The Morgan fingerprint density at radius 1 is 0.822 bits per heavy atom.